The van der Waals surface area contributed by atoms with Crippen LogP contribution < -0.4 is 10.1 Å². The van der Waals surface area contributed by atoms with Gasteiger partial charge in [-0.05, 0) is 50.8 Å². The number of nitrogens with zero attached hydrogens (tertiary/aromatic N) is 1. The van der Waals surface area contributed by atoms with Crippen LogP contribution in [0.25, 0.3) is 0 Å². The van der Waals surface area contributed by atoms with Gasteiger partial charge in [-0.15, -0.1) is 0 Å². The van der Waals surface area contributed by atoms with E-state index >= 15 is 0 Å². The molecule has 0 saturated heterocycles. The predicted molar refractivity (Wildman–Crippen MR) is 99.7 cm³/mol. The van der Waals surface area contributed by atoms with Crippen LogP contribution >= 0.6 is 0 Å². The highest BCUT2D eigenvalue weighted by Crippen LogP contribution is 2.26. The van der Waals surface area contributed by atoms with Crippen LogP contribution in [0, 0.1) is 17.2 Å². The number of benzene rings is 1. The third-order valence-corrected chi connectivity index (χ3v) is 3.87. The summed E-state index contributed by atoms with van der Waals surface area (Å²) in [6.45, 7) is 10.9. The Balaban J connectivity index is 2.93. The summed E-state index contributed by atoms with van der Waals surface area (Å²) in [6.07, 6.45) is 2.61. The second-order valence-electron chi connectivity index (χ2n) is 6.74. The number of amides is 1. The van der Waals surface area contributed by atoms with Crippen molar-refractivity contribution >= 4 is 11.6 Å². The first-order chi connectivity index (χ1) is 11.9. The smallest absolute Gasteiger partial charge is 0.256 e. The second-order valence-corrected chi connectivity index (χ2v) is 6.74. The summed E-state index contributed by atoms with van der Waals surface area (Å²) in [4.78, 5) is 12.7. The zero-order valence-corrected chi connectivity index (χ0v) is 16.0. The maximum atomic E-state index is 12.7. The van der Waals surface area contributed by atoms with Crippen LogP contribution in [0.5, 0.6) is 5.75 Å². The minimum Gasteiger partial charge on any atom is -0.494 e. The lowest BCUT2D eigenvalue weighted by Crippen LogP contribution is -2.44. The predicted octanol–water partition coefficient (Wildman–Crippen LogP) is 4.52. The molecule has 0 spiro atoms. The van der Waals surface area contributed by atoms with E-state index in [9.17, 15) is 10.1 Å². The van der Waals surface area contributed by atoms with E-state index in [1.165, 1.54) is 0 Å². The Labute approximate surface area is 151 Å². The molecule has 0 heterocycles. The van der Waals surface area contributed by atoms with Crippen molar-refractivity contribution in [1.29, 1.82) is 5.26 Å². The van der Waals surface area contributed by atoms with Crippen LogP contribution in [0.2, 0.25) is 0 Å². The number of nitrogens with one attached hydrogen (secondary N) is 1. The van der Waals surface area contributed by atoms with Gasteiger partial charge in [-0.3, -0.25) is 4.79 Å². The molecule has 1 atom stereocenters. The average Bonchev–Trinajstić information content (AvgIpc) is 2.55. The van der Waals surface area contributed by atoms with Gasteiger partial charge in [0.15, 0.2) is 0 Å². The molecule has 0 aliphatic rings. The van der Waals surface area contributed by atoms with Crippen molar-refractivity contribution < 1.29 is 14.3 Å². The Morgan fingerprint density at radius 1 is 1.36 bits per heavy atom. The van der Waals surface area contributed by atoms with E-state index in [1.807, 2.05) is 20.8 Å². The van der Waals surface area contributed by atoms with Crippen LogP contribution in [0.1, 0.15) is 59.4 Å². The highest BCUT2D eigenvalue weighted by molar-refractivity contribution is 5.98. The highest BCUT2D eigenvalue weighted by atomic mass is 16.5. The molecule has 1 N–H and O–H groups in total. The minimum absolute atomic E-state index is 0.237. The van der Waals surface area contributed by atoms with Gasteiger partial charge in [-0.25, -0.2) is 0 Å². The van der Waals surface area contributed by atoms with Crippen LogP contribution in [0.3, 0.4) is 0 Å². The molecule has 0 aliphatic heterocycles. The number of hydrogen-bond acceptors (Lipinski definition) is 4. The van der Waals surface area contributed by atoms with Gasteiger partial charge in [0.25, 0.3) is 5.91 Å². The lowest BCUT2D eigenvalue weighted by molar-refractivity contribution is -0.140. The van der Waals surface area contributed by atoms with Gasteiger partial charge in [0.05, 0.1) is 17.9 Å². The van der Waals surface area contributed by atoms with E-state index in [0.29, 0.717) is 42.6 Å². The molecule has 1 rings (SSSR count). The van der Waals surface area contributed by atoms with Gasteiger partial charge in [0.1, 0.15) is 17.4 Å². The van der Waals surface area contributed by atoms with Gasteiger partial charge in [-0.1, -0.05) is 27.2 Å². The number of rotatable bonds is 10. The van der Waals surface area contributed by atoms with Crippen LogP contribution in [0.4, 0.5) is 5.69 Å². The van der Waals surface area contributed by atoms with Crippen molar-refractivity contribution in [3.63, 3.8) is 0 Å². The van der Waals surface area contributed by atoms with Gasteiger partial charge < -0.3 is 14.8 Å². The van der Waals surface area contributed by atoms with Crippen LogP contribution in [-0.4, -0.2) is 24.7 Å². The fourth-order valence-electron chi connectivity index (χ4n) is 2.72. The molecule has 0 unspecified atom stereocenters. The molecule has 25 heavy (non-hydrogen) atoms. The molecule has 0 fully saturated rings. The van der Waals surface area contributed by atoms with E-state index < -0.39 is 5.60 Å². The topological polar surface area (TPSA) is 71.3 Å². The standard InChI is InChI=1S/C20H30N2O3/c1-6-8-11-24-17-9-10-18(16(12-17)14-21)22-19(23)20(5,25-7-2)13-15(3)4/h9-10,12,15H,6-8,11,13H2,1-5H3,(H,22,23)/t20-/m1/s1. The Hall–Kier alpha value is -2.06. The molecule has 1 aromatic carbocycles. The van der Waals surface area contributed by atoms with E-state index in [-0.39, 0.29) is 5.91 Å². The summed E-state index contributed by atoms with van der Waals surface area (Å²) in [5.41, 5.74) is -0.0675. The number of carbonyl (C=O) groups excluding carboxylic acids is 1. The lowest BCUT2D eigenvalue weighted by atomic mass is 9.93. The molecule has 0 radical (unpaired) electrons. The number of hydrogen-bond donors (Lipinski definition) is 1. The molecule has 0 aliphatic carbocycles. The molecule has 5 heteroatoms. The summed E-state index contributed by atoms with van der Waals surface area (Å²) < 4.78 is 11.3. The van der Waals surface area contributed by atoms with Crippen molar-refractivity contribution in [2.75, 3.05) is 18.5 Å². The fraction of sp³-hybridized carbons (Fsp3) is 0.600. The zero-order valence-electron chi connectivity index (χ0n) is 16.0. The van der Waals surface area contributed by atoms with Crippen molar-refractivity contribution in [2.24, 2.45) is 5.92 Å². The first-order valence-electron chi connectivity index (χ1n) is 8.98. The molecular formula is C20H30N2O3. The number of unbranched alkanes of at least 4 members (excludes halogenated alkanes) is 1. The highest BCUT2D eigenvalue weighted by Gasteiger charge is 2.35. The number of ether oxygens (including phenoxy) is 2. The Morgan fingerprint density at radius 2 is 2.08 bits per heavy atom. The number of nitriles is 1. The van der Waals surface area contributed by atoms with Crippen molar-refractivity contribution in [1.82, 2.24) is 0 Å². The maximum Gasteiger partial charge on any atom is 0.256 e. The fourth-order valence-corrected chi connectivity index (χ4v) is 2.72. The average molecular weight is 346 g/mol. The first-order valence-corrected chi connectivity index (χ1v) is 8.98. The Kier molecular flexibility index (Phi) is 8.44. The molecule has 5 nitrogen and oxygen atoms in total. The normalized spacial score (nSPS) is 13.2. The Bertz CT molecular complexity index is 607. The maximum absolute atomic E-state index is 12.7. The number of carbonyl (C=O) groups is 1. The SMILES string of the molecule is CCCCOc1ccc(NC(=O)[C@@](C)(CC(C)C)OCC)c(C#N)c1. The molecule has 138 valence electrons. The van der Waals surface area contributed by atoms with E-state index in [0.717, 1.165) is 12.8 Å². The molecule has 0 aromatic heterocycles. The van der Waals surface area contributed by atoms with E-state index in [2.05, 4.69) is 18.3 Å². The zero-order chi connectivity index (χ0) is 18.9. The summed E-state index contributed by atoms with van der Waals surface area (Å²) in [7, 11) is 0. The first kappa shape index (κ1) is 21.0. The molecule has 0 saturated carbocycles. The van der Waals surface area contributed by atoms with Crippen LogP contribution in [-0.2, 0) is 9.53 Å². The monoisotopic (exact) mass is 346 g/mol. The van der Waals surface area contributed by atoms with Gasteiger partial charge >= 0.3 is 0 Å². The van der Waals surface area contributed by atoms with Crippen molar-refractivity contribution in [2.45, 2.75) is 59.5 Å². The molecule has 1 aromatic rings. The quantitative estimate of drug-likeness (QED) is 0.632. The van der Waals surface area contributed by atoms with E-state index in [4.69, 9.17) is 9.47 Å². The summed E-state index contributed by atoms with van der Waals surface area (Å²) in [5.74, 6) is 0.712. The van der Waals surface area contributed by atoms with Gasteiger partial charge in [0, 0.05) is 6.61 Å². The summed E-state index contributed by atoms with van der Waals surface area (Å²) in [6, 6.07) is 7.26. The third kappa shape index (κ3) is 6.39. The summed E-state index contributed by atoms with van der Waals surface area (Å²) >= 11 is 0. The van der Waals surface area contributed by atoms with Crippen molar-refractivity contribution in [3.8, 4) is 11.8 Å². The molecular weight excluding hydrogens is 316 g/mol. The minimum atomic E-state index is -0.925. The largest absolute Gasteiger partial charge is 0.494 e. The van der Waals surface area contributed by atoms with E-state index in [1.54, 1.807) is 25.1 Å². The van der Waals surface area contributed by atoms with Crippen LogP contribution in [0.15, 0.2) is 18.2 Å². The number of anilines is 1. The van der Waals surface area contributed by atoms with Gasteiger partial charge in [0.2, 0.25) is 0 Å². The third-order valence-electron chi connectivity index (χ3n) is 3.87. The Morgan fingerprint density at radius 3 is 2.64 bits per heavy atom. The summed E-state index contributed by atoms with van der Waals surface area (Å²) in [5, 5.41) is 12.2. The second kappa shape index (κ2) is 10.0. The van der Waals surface area contributed by atoms with Gasteiger partial charge in [-0.2, -0.15) is 5.26 Å². The molecule has 1 amide bonds. The van der Waals surface area contributed by atoms with Crippen molar-refractivity contribution in [3.05, 3.63) is 23.8 Å². The molecule has 0 bridgehead atoms. The lowest BCUT2D eigenvalue weighted by Gasteiger charge is -2.30.